The highest BCUT2D eigenvalue weighted by molar-refractivity contribution is 6.01. The van der Waals surface area contributed by atoms with Gasteiger partial charge in [0.2, 0.25) is 0 Å². The maximum absolute atomic E-state index is 11.9. The number of ether oxygens (including phenoxy) is 2. The van der Waals surface area contributed by atoms with Gasteiger partial charge in [-0.05, 0) is 29.3 Å². The summed E-state index contributed by atoms with van der Waals surface area (Å²) in [5, 5.41) is 9.18. The zero-order chi connectivity index (χ0) is 18.2. The van der Waals surface area contributed by atoms with Crippen molar-refractivity contribution in [3.8, 4) is 17.6 Å². The van der Waals surface area contributed by atoms with E-state index in [0.717, 1.165) is 5.56 Å². The predicted molar refractivity (Wildman–Crippen MR) is 96.1 cm³/mol. The number of carbonyl (C=O) groups is 1. The monoisotopic (exact) mass is 336 g/mol. The normalized spacial score (nSPS) is 10.7. The van der Waals surface area contributed by atoms with Crippen LogP contribution in [-0.4, -0.2) is 32.0 Å². The number of rotatable bonds is 6. The van der Waals surface area contributed by atoms with Crippen molar-refractivity contribution in [3.05, 3.63) is 65.2 Å². The van der Waals surface area contributed by atoms with E-state index in [2.05, 4.69) is 0 Å². The number of nitrogens with zero attached hydrogens (tertiary/aromatic N) is 2. The second-order valence-corrected chi connectivity index (χ2v) is 5.55. The lowest BCUT2D eigenvalue weighted by atomic mass is 10.1. The first-order valence-electron chi connectivity index (χ1n) is 7.73. The Morgan fingerprint density at radius 1 is 1.16 bits per heavy atom. The summed E-state index contributed by atoms with van der Waals surface area (Å²) in [7, 11) is 4.76. The van der Waals surface area contributed by atoms with Gasteiger partial charge in [-0.1, -0.05) is 36.4 Å². The topological polar surface area (TPSA) is 62.6 Å². The van der Waals surface area contributed by atoms with Crippen LogP contribution in [0.5, 0.6) is 11.5 Å². The molecule has 0 aliphatic heterocycles. The zero-order valence-corrected chi connectivity index (χ0v) is 14.5. The highest BCUT2D eigenvalue weighted by atomic mass is 16.5. The van der Waals surface area contributed by atoms with E-state index < -0.39 is 0 Å². The van der Waals surface area contributed by atoms with E-state index in [4.69, 9.17) is 9.47 Å². The summed E-state index contributed by atoms with van der Waals surface area (Å²) in [6, 6.07) is 17.0. The molecule has 0 saturated heterocycles. The second kappa shape index (κ2) is 8.55. The zero-order valence-electron chi connectivity index (χ0n) is 14.5. The molecular weight excluding hydrogens is 316 g/mol. The molecule has 0 N–H and O–H groups in total. The molecule has 25 heavy (non-hydrogen) atoms. The maximum Gasteiger partial charge on any atom is 0.264 e. The second-order valence-electron chi connectivity index (χ2n) is 5.55. The number of benzene rings is 2. The van der Waals surface area contributed by atoms with Crippen molar-refractivity contribution in [2.45, 2.75) is 6.61 Å². The summed E-state index contributed by atoms with van der Waals surface area (Å²) in [4.78, 5) is 13.3. The van der Waals surface area contributed by atoms with E-state index in [-0.39, 0.29) is 11.5 Å². The molecule has 0 heterocycles. The molecule has 0 radical (unpaired) electrons. The molecule has 5 nitrogen and oxygen atoms in total. The van der Waals surface area contributed by atoms with E-state index in [1.54, 1.807) is 39.4 Å². The molecule has 0 bridgehead atoms. The van der Waals surface area contributed by atoms with Gasteiger partial charge in [0.1, 0.15) is 18.2 Å². The molecule has 0 saturated carbocycles. The van der Waals surface area contributed by atoms with E-state index in [9.17, 15) is 10.1 Å². The van der Waals surface area contributed by atoms with E-state index in [1.165, 1.54) is 11.0 Å². The van der Waals surface area contributed by atoms with Crippen molar-refractivity contribution in [2.24, 2.45) is 0 Å². The maximum atomic E-state index is 11.9. The summed E-state index contributed by atoms with van der Waals surface area (Å²) in [6.07, 6.45) is 1.53. The number of nitriles is 1. The fourth-order valence-corrected chi connectivity index (χ4v) is 2.18. The van der Waals surface area contributed by atoms with Gasteiger partial charge in [-0.3, -0.25) is 4.79 Å². The van der Waals surface area contributed by atoms with Crippen molar-refractivity contribution in [1.29, 1.82) is 5.26 Å². The third-order valence-electron chi connectivity index (χ3n) is 3.49. The van der Waals surface area contributed by atoms with Crippen LogP contribution < -0.4 is 9.47 Å². The Labute approximate surface area is 147 Å². The molecule has 2 aromatic rings. The molecule has 0 spiro atoms. The fraction of sp³-hybridized carbons (Fsp3) is 0.200. The summed E-state index contributed by atoms with van der Waals surface area (Å²) in [5.74, 6) is 0.797. The van der Waals surface area contributed by atoms with Crippen LogP contribution >= 0.6 is 0 Å². The Morgan fingerprint density at radius 3 is 2.48 bits per heavy atom. The average molecular weight is 336 g/mol. The molecule has 1 amide bonds. The van der Waals surface area contributed by atoms with E-state index in [1.807, 2.05) is 36.4 Å². The number of carbonyl (C=O) groups excluding carboxylic acids is 1. The molecule has 0 aliphatic carbocycles. The summed E-state index contributed by atoms with van der Waals surface area (Å²) >= 11 is 0. The minimum atomic E-state index is -0.342. The SMILES string of the molecule is COc1cc(/C=C(/C#N)C(=O)N(C)C)ccc1OCc1ccccc1. The first-order chi connectivity index (χ1) is 12.0. The standard InChI is InChI=1S/C20H20N2O3/c1-22(2)20(23)17(13-21)11-16-9-10-18(19(12-16)24-3)25-14-15-7-5-4-6-8-15/h4-12H,14H2,1-3H3/b17-11-. The third-order valence-corrected chi connectivity index (χ3v) is 3.49. The third kappa shape index (κ3) is 4.85. The molecule has 0 aliphatic rings. The van der Waals surface area contributed by atoms with Gasteiger partial charge in [-0.2, -0.15) is 5.26 Å². The number of methoxy groups -OCH3 is 1. The van der Waals surface area contributed by atoms with Crippen molar-refractivity contribution in [2.75, 3.05) is 21.2 Å². The fourth-order valence-electron chi connectivity index (χ4n) is 2.18. The van der Waals surface area contributed by atoms with Crippen molar-refractivity contribution in [3.63, 3.8) is 0 Å². The molecule has 128 valence electrons. The molecule has 2 rings (SSSR count). The Balaban J connectivity index is 2.21. The molecule has 0 unspecified atom stereocenters. The van der Waals surface area contributed by atoms with Gasteiger partial charge >= 0.3 is 0 Å². The molecule has 2 aromatic carbocycles. The molecule has 0 fully saturated rings. The van der Waals surface area contributed by atoms with Crippen LogP contribution in [0, 0.1) is 11.3 Å². The van der Waals surface area contributed by atoms with Crippen molar-refractivity contribution >= 4 is 12.0 Å². The Morgan fingerprint density at radius 2 is 1.88 bits per heavy atom. The Bertz CT molecular complexity index is 805. The Kier molecular flexibility index (Phi) is 6.19. The van der Waals surface area contributed by atoms with Gasteiger partial charge in [-0.25, -0.2) is 0 Å². The van der Waals surface area contributed by atoms with Crippen LogP contribution in [0.25, 0.3) is 6.08 Å². The van der Waals surface area contributed by atoms with Crippen LogP contribution in [0.1, 0.15) is 11.1 Å². The highest BCUT2D eigenvalue weighted by Crippen LogP contribution is 2.29. The van der Waals surface area contributed by atoms with Crippen molar-refractivity contribution < 1.29 is 14.3 Å². The van der Waals surface area contributed by atoms with E-state index in [0.29, 0.717) is 23.7 Å². The van der Waals surface area contributed by atoms with Crippen LogP contribution in [0.3, 0.4) is 0 Å². The van der Waals surface area contributed by atoms with Gasteiger partial charge in [0.05, 0.1) is 7.11 Å². The molecule has 0 aromatic heterocycles. The van der Waals surface area contributed by atoms with Gasteiger partial charge < -0.3 is 14.4 Å². The first-order valence-corrected chi connectivity index (χ1v) is 7.73. The number of hydrogen-bond donors (Lipinski definition) is 0. The highest BCUT2D eigenvalue weighted by Gasteiger charge is 2.12. The number of likely N-dealkylation sites (N-methyl/N-ethyl adjacent to an activating group) is 1. The summed E-state index contributed by atoms with van der Waals surface area (Å²) in [5.41, 5.74) is 1.80. The van der Waals surface area contributed by atoms with Gasteiger partial charge in [0, 0.05) is 14.1 Å². The minimum Gasteiger partial charge on any atom is -0.493 e. The lowest BCUT2D eigenvalue weighted by Crippen LogP contribution is -2.22. The minimum absolute atomic E-state index is 0.0602. The summed E-state index contributed by atoms with van der Waals surface area (Å²) < 4.78 is 11.2. The van der Waals surface area contributed by atoms with Gasteiger partial charge in [0.15, 0.2) is 11.5 Å². The quantitative estimate of drug-likeness (QED) is 0.600. The molecule has 5 heteroatoms. The average Bonchev–Trinajstić information content (AvgIpc) is 2.64. The molecular formula is C20H20N2O3. The first kappa shape index (κ1) is 18.1. The van der Waals surface area contributed by atoms with Gasteiger partial charge in [0.25, 0.3) is 5.91 Å². The van der Waals surface area contributed by atoms with Crippen LogP contribution in [0.2, 0.25) is 0 Å². The smallest absolute Gasteiger partial charge is 0.264 e. The molecule has 0 atom stereocenters. The van der Waals surface area contributed by atoms with Crippen LogP contribution in [0.15, 0.2) is 54.1 Å². The van der Waals surface area contributed by atoms with Crippen LogP contribution in [0.4, 0.5) is 0 Å². The Hall–Kier alpha value is -3.26. The van der Waals surface area contributed by atoms with E-state index >= 15 is 0 Å². The van der Waals surface area contributed by atoms with Gasteiger partial charge in [-0.15, -0.1) is 0 Å². The number of amides is 1. The lowest BCUT2D eigenvalue weighted by molar-refractivity contribution is -0.124. The largest absolute Gasteiger partial charge is 0.493 e. The predicted octanol–water partition coefficient (Wildman–Crippen LogP) is 3.27. The van der Waals surface area contributed by atoms with Crippen LogP contribution in [-0.2, 0) is 11.4 Å². The lowest BCUT2D eigenvalue weighted by Gasteiger charge is -2.12. The van der Waals surface area contributed by atoms with Crippen molar-refractivity contribution in [1.82, 2.24) is 4.90 Å². The number of hydrogen-bond acceptors (Lipinski definition) is 4. The summed E-state index contributed by atoms with van der Waals surface area (Å²) in [6.45, 7) is 0.426.